The lowest BCUT2D eigenvalue weighted by Crippen LogP contribution is -2.41. The molecule has 0 spiro atoms. The normalized spacial score (nSPS) is 25.7. The van der Waals surface area contributed by atoms with Crippen molar-refractivity contribution < 1.29 is 9.31 Å². The summed E-state index contributed by atoms with van der Waals surface area (Å²) in [6.45, 7) is 10.1. The molecule has 92 valence electrons. The first-order chi connectivity index (χ1) is 7.19. The van der Waals surface area contributed by atoms with Gasteiger partial charge in [0.25, 0.3) is 0 Å². The van der Waals surface area contributed by atoms with Crippen molar-refractivity contribution >= 4 is 7.12 Å². The molecule has 0 aromatic heterocycles. The van der Waals surface area contributed by atoms with E-state index in [1.165, 1.54) is 0 Å². The Bertz CT molecular complexity index is 272. The molecule has 0 bridgehead atoms. The third kappa shape index (κ3) is 2.59. The molecular formula is C11H23BN2O2. The van der Waals surface area contributed by atoms with Crippen molar-refractivity contribution in [2.45, 2.75) is 51.9 Å². The van der Waals surface area contributed by atoms with E-state index in [2.05, 4.69) is 5.32 Å². The number of hydrogen-bond acceptors (Lipinski definition) is 4. The highest BCUT2D eigenvalue weighted by molar-refractivity contribution is 6.54. The number of rotatable bonds is 3. The number of nitrogens with two attached hydrogens (primary N) is 1. The highest BCUT2D eigenvalue weighted by Gasteiger charge is 2.52. The molecule has 0 radical (unpaired) electrons. The molecule has 1 aliphatic heterocycles. The first-order valence-corrected chi connectivity index (χ1v) is 5.70. The monoisotopic (exact) mass is 226 g/mol. The van der Waals surface area contributed by atoms with E-state index in [0.717, 1.165) is 5.60 Å². The molecule has 1 unspecified atom stereocenters. The topological polar surface area (TPSA) is 56.5 Å². The fraction of sp³-hybridized carbons (Fsp3) is 0.818. The average molecular weight is 226 g/mol. The van der Waals surface area contributed by atoms with Gasteiger partial charge in [0.05, 0.1) is 11.2 Å². The molecule has 0 aromatic rings. The van der Waals surface area contributed by atoms with Gasteiger partial charge >= 0.3 is 7.12 Å². The third-order valence-electron chi connectivity index (χ3n) is 3.24. The minimum absolute atomic E-state index is 0.0264. The standard InChI is InChI=1S/C11H23BN2O2/c1-8(13)7-9(14-6)12-15-10(2,3)11(4,5)16-12/h7-8,14H,13H2,1-6H3/b9-7-. The first-order valence-electron chi connectivity index (χ1n) is 5.70. The van der Waals surface area contributed by atoms with Crippen molar-refractivity contribution in [3.05, 3.63) is 11.7 Å². The van der Waals surface area contributed by atoms with Gasteiger partial charge in [0.2, 0.25) is 0 Å². The van der Waals surface area contributed by atoms with Crippen molar-refractivity contribution in [3.63, 3.8) is 0 Å². The predicted molar refractivity (Wildman–Crippen MR) is 66.9 cm³/mol. The van der Waals surface area contributed by atoms with Crippen LogP contribution in [0.15, 0.2) is 11.7 Å². The lowest BCUT2D eigenvalue weighted by atomic mass is 9.83. The second-order valence-corrected chi connectivity index (χ2v) is 5.32. The van der Waals surface area contributed by atoms with Crippen molar-refractivity contribution in [2.75, 3.05) is 7.05 Å². The Morgan fingerprint density at radius 2 is 1.69 bits per heavy atom. The molecule has 0 amide bonds. The van der Waals surface area contributed by atoms with Gasteiger partial charge in [-0.3, -0.25) is 0 Å². The summed E-state index contributed by atoms with van der Waals surface area (Å²) in [6.07, 6.45) is 1.92. The summed E-state index contributed by atoms with van der Waals surface area (Å²) in [7, 11) is 1.49. The highest BCUT2D eigenvalue weighted by atomic mass is 16.7. The van der Waals surface area contributed by atoms with Crippen molar-refractivity contribution in [2.24, 2.45) is 5.73 Å². The summed E-state index contributed by atoms with van der Waals surface area (Å²) in [5.41, 5.74) is 6.00. The Morgan fingerprint density at radius 1 is 1.25 bits per heavy atom. The second kappa shape index (κ2) is 4.39. The smallest absolute Gasteiger partial charge is 0.398 e. The Morgan fingerprint density at radius 3 is 2.00 bits per heavy atom. The van der Waals surface area contributed by atoms with Crippen LogP contribution in [0.3, 0.4) is 0 Å². The van der Waals surface area contributed by atoms with Crippen LogP contribution in [0.2, 0.25) is 0 Å². The van der Waals surface area contributed by atoms with Crippen LogP contribution in [-0.2, 0) is 9.31 Å². The molecule has 0 aliphatic carbocycles. The van der Waals surface area contributed by atoms with Gasteiger partial charge in [-0.1, -0.05) is 6.08 Å². The Balaban J connectivity index is 2.86. The minimum atomic E-state index is -0.360. The summed E-state index contributed by atoms with van der Waals surface area (Å²) >= 11 is 0. The van der Waals surface area contributed by atoms with E-state index >= 15 is 0 Å². The van der Waals surface area contributed by atoms with Crippen LogP contribution in [0, 0.1) is 0 Å². The van der Waals surface area contributed by atoms with E-state index in [9.17, 15) is 0 Å². The maximum absolute atomic E-state index is 5.91. The van der Waals surface area contributed by atoms with E-state index in [-0.39, 0.29) is 24.4 Å². The van der Waals surface area contributed by atoms with Crippen molar-refractivity contribution in [1.82, 2.24) is 5.32 Å². The third-order valence-corrected chi connectivity index (χ3v) is 3.24. The molecule has 5 heteroatoms. The number of hydrogen-bond donors (Lipinski definition) is 2. The van der Waals surface area contributed by atoms with Crippen molar-refractivity contribution in [1.29, 1.82) is 0 Å². The second-order valence-electron chi connectivity index (χ2n) is 5.32. The first kappa shape index (κ1) is 13.5. The van der Waals surface area contributed by atoms with Crippen LogP contribution >= 0.6 is 0 Å². The van der Waals surface area contributed by atoms with Gasteiger partial charge in [-0.05, 0) is 34.6 Å². The molecule has 16 heavy (non-hydrogen) atoms. The fourth-order valence-electron chi connectivity index (χ4n) is 1.53. The predicted octanol–water partition coefficient (Wildman–Crippen LogP) is 1.07. The molecule has 1 atom stereocenters. The lowest BCUT2D eigenvalue weighted by molar-refractivity contribution is 0.00578. The van der Waals surface area contributed by atoms with Crippen LogP contribution in [-0.4, -0.2) is 31.4 Å². The molecule has 0 aromatic carbocycles. The van der Waals surface area contributed by atoms with Gasteiger partial charge in [0.15, 0.2) is 0 Å². The lowest BCUT2D eigenvalue weighted by Gasteiger charge is -2.32. The van der Waals surface area contributed by atoms with Gasteiger partial charge in [-0.15, -0.1) is 0 Å². The summed E-state index contributed by atoms with van der Waals surface area (Å²) in [4.78, 5) is 0. The maximum Gasteiger partial charge on any atom is 0.511 e. The molecule has 3 N–H and O–H groups in total. The zero-order chi connectivity index (χ0) is 12.6. The summed E-state index contributed by atoms with van der Waals surface area (Å²) in [6, 6.07) is -0.0264. The van der Waals surface area contributed by atoms with E-state index < -0.39 is 0 Å². The van der Waals surface area contributed by atoms with Gasteiger partial charge in [-0.25, -0.2) is 0 Å². The van der Waals surface area contributed by atoms with E-state index in [1.807, 2.05) is 47.7 Å². The van der Waals surface area contributed by atoms with Crippen LogP contribution in [0.25, 0.3) is 0 Å². The average Bonchev–Trinajstić information content (AvgIpc) is 2.31. The van der Waals surface area contributed by atoms with Crippen LogP contribution in [0.1, 0.15) is 34.6 Å². The summed E-state index contributed by atoms with van der Waals surface area (Å²) in [5, 5.41) is 3.08. The summed E-state index contributed by atoms with van der Waals surface area (Å²) in [5.74, 6) is 0. The molecule has 0 saturated carbocycles. The largest absolute Gasteiger partial charge is 0.511 e. The van der Waals surface area contributed by atoms with Crippen LogP contribution in [0.5, 0.6) is 0 Å². The molecule has 4 nitrogen and oxygen atoms in total. The SMILES string of the molecule is CN/C(=C\C(C)N)B1OC(C)(C)C(C)(C)O1. The summed E-state index contributed by atoms with van der Waals surface area (Å²) < 4.78 is 11.8. The molecule has 1 heterocycles. The van der Waals surface area contributed by atoms with E-state index in [0.29, 0.717) is 0 Å². The molecule has 1 saturated heterocycles. The fourth-order valence-corrected chi connectivity index (χ4v) is 1.53. The number of nitrogens with one attached hydrogen (secondary N) is 1. The van der Waals surface area contributed by atoms with Gasteiger partial charge in [-0.2, -0.15) is 0 Å². The van der Waals surface area contributed by atoms with Crippen LogP contribution < -0.4 is 11.1 Å². The molecule has 1 rings (SSSR count). The van der Waals surface area contributed by atoms with Crippen LogP contribution in [0.4, 0.5) is 0 Å². The molecule has 1 fully saturated rings. The quantitative estimate of drug-likeness (QED) is 0.706. The van der Waals surface area contributed by atoms with Gasteiger partial charge in [0.1, 0.15) is 0 Å². The minimum Gasteiger partial charge on any atom is -0.398 e. The zero-order valence-electron chi connectivity index (χ0n) is 11.1. The van der Waals surface area contributed by atoms with Gasteiger partial charge in [0, 0.05) is 18.7 Å². The Labute approximate surface area is 98.7 Å². The maximum atomic E-state index is 5.91. The Hall–Kier alpha value is -0.515. The Kier molecular flexibility index (Phi) is 3.72. The molecular weight excluding hydrogens is 203 g/mol. The van der Waals surface area contributed by atoms with E-state index in [4.69, 9.17) is 15.0 Å². The van der Waals surface area contributed by atoms with Crippen molar-refractivity contribution in [3.8, 4) is 0 Å². The van der Waals surface area contributed by atoms with E-state index in [1.54, 1.807) is 0 Å². The zero-order valence-corrected chi connectivity index (χ0v) is 11.1. The molecule has 1 aliphatic rings. The highest BCUT2D eigenvalue weighted by Crippen LogP contribution is 2.38. The van der Waals surface area contributed by atoms with Gasteiger partial charge < -0.3 is 20.4 Å².